The molecule has 0 aliphatic carbocycles. The Kier molecular flexibility index (Phi) is 4.39. The van der Waals surface area contributed by atoms with Gasteiger partial charge in [-0.15, -0.1) is 0 Å². The summed E-state index contributed by atoms with van der Waals surface area (Å²) in [6.45, 7) is 0.0667. The highest BCUT2D eigenvalue weighted by molar-refractivity contribution is 5.68. The minimum Gasteiger partial charge on any atom is -0.479 e. The van der Waals surface area contributed by atoms with Crippen LogP contribution in [-0.2, 0) is 11.3 Å². The molecule has 0 fully saturated rings. The van der Waals surface area contributed by atoms with Crippen molar-refractivity contribution in [2.24, 2.45) is 0 Å². The van der Waals surface area contributed by atoms with Crippen molar-refractivity contribution in [3.05, 3.63) is 35.9 Å². The molecule has 0 aliphatic heterocycles. The monoisotopic (exact) mass is 290 g/mol. The van der Waals surface area contributed by atoms with E-state index in [1.807, 2.05) is 30.3 Å². The number of nitrogen functional groups attached to an aromatic ring is 2. The Hall–Kier alpha value is -3.03. The van der Waals surface area contributed by atoms with E-state index in [4.69, 9.17) is 25.7 Å². The lowest BCUT2D eigenvalue weighted by Gasteiger charge is -2.09. The van der Waals surface area contributed by atoms with Gasteiger partial charge in [-0.3, -0.25) is 0 Å². The molecule has 1 heterocycles. The van der Waals surface area contributed by atoms with Crippen molar-refractivity contribution in [3.8, 4) is 11.8 Å². The van der Waals surface area contributed by atoms with E-state index in [-0.39, 0.29) is 30.0 Å². The predicted molar refractivity (Wildman–Crippen MR) is 74.7 cm³/mol. The summed E-state index contributed by atoms with van der Waals surface area (Å²) >= 11 is 0. The number of aromatic nitrogens is 2. The van der Waals surface area contributed by atoms with Gasteiger partial charge in [0.25, 0.3) is 5.88 Å². The van der Waals surface area contributed by atoms with Crippen LogP contribution < -0.4 is 20.9 Å². The molecule has 0 saturated heterocycles. The standard InChI is InChI=1S/C13H14N4O4/c1-19-10-9(14)11(17-12(15)16-10)21-13(18)20-7-8-5-3-2-4-6-8/h2-6H,7,14H2,1H3,(H2,15,16,17). The van der Waals surface area contributed by atoms with Crippen molar-refractivity contribution < 1.29 is 19.0 Å². The van der Waals surface area contributed by atoms with Gasteiger partial charge in [-0.2, -0.15) is 9.97 Å². The molecule has 8 nitrogen and oxygen atoms in total. The predicted octanol–water partition coefficient (Wildman–Crippen LogP) is 1.37. The molecule has 0 atom stereocenters. The molecule has 0 amide bonds. The van der Waals surface area contributed by atoms with E-state index in [2.05, 4.69) is 9.97 Å². The molecule has 0 aliphatic rings. The number of carbonyl (C=O) groups excluding carboxylic acids is 1. The van der Waals surface area contributed by atoms with E-state index >= 15 is 0 Å². The minimum atomic E-state index is -0.953. The number of benzene rings is 1. The number of ether oxygens (including phenoxy) is 3. The van der Waals surface area contributed by atoms with E-state index < -0.39 is 6.16 Å². The Labute approximate surface area is 120 Å². The molecule has 2 rings (SSSR count). The lowest BCUT2D eigenvalue weighted by atomic mass is 10.2. The number of anilines is 2. The molecule has 0 saturated carbocycles. The summed E-state index contributed by atoms with van der Waals surface area (Å²) in [4.78, 5) is 19.1. The molecule has 0 radical (unpaired) electrons. The second-order valence-electron chi connectivity index (χ2n) is 3.94. The topological polar surface area (TPSA) is 123 Å². The van der Waals surface area contributed by atoms with E-state index in [0.717, 1.165) is 5.56 Å². The molecule has 0 unspecified atom stereocenters. The van der Waals surface area contributed by atoms with Gasteiger partial charge in [-0.05, 0) is 5.56 Å². The van der Waals surface area contributed by atoms with Gasteiger partial charge in [-0.1, -0.05) is 30.3 Å². The van der Waals surface area contributed by atoms with Gasteiger partial charge in [0.15, 0.2) is 5.69 Å². The van der Waals surface area contributed by atoms with Gasteiger partial charge in [0.1, 0.15) is 6.61 Å². The molecular weight excluding hydrogens is 276 g/mol. The highest BCUT2D eigenvalue weighted by atomic mass is 16.7. The van der Waals surface area contributed by atoms with Crippen molar-refractivity contribution in [3.63, 3.8) is 0 Å². The number of nitrogens with two attached hydrogens (primary N) is 2. The zero-order valence-electron chi connectivity index (χ0n) is 11.3. The van der Waals surface area contributed by atoms with Crippen LogP contribution in [0.1, 0.15) is 5.56 Å². The molecule has 1 aromatic heterocycles. The fourth-order valence-electron chi connectivity index (χ4n) is 1.50. The zero-order valence-corrected chi connectivity index (χ0v) is 11.3. The third-order valence-electron chi connectivity index (χ3n) is 2.47. The summed E-state index contributed by atoms with van der Waals surface area (Å²) in [6.07, 6.45) is -0.953. The normalized spacial score (nSPS) is 9.95. The second-order valence-corrected chi connectivity index (χ2v) is 3.94. The van der Waals surface area contributed by atoms with Crippen LogP contribution >= 0.6 is 0 Å². The minimum absolute atomic E-state index is 0.0216. The molecule has 1 aromatic carbocycles. The first-order valence-electron chi connectivity index (χ1n) is 5.95. The van der Waals surface area contributed by atoms with Crippen LogP contribution in [0.15, 0.2) is 30.3 Å². The fourth-order valence-corrected chi connectivity index (χ4v) is 1.50. The highest BCUT2D eigenvalue weighted by Crippen LogP contribution is 2.28. The van der Waals surface area contributed by atoms with Crippen LogP contribution in [0.5, 0.6) is 11.8 Å². The Morgan fingerprint density at radius 3 is 2.48 bits per heavy atom. The van der Waals surface area contributed by atoms with Crippen LogP contribution in [-0.4, -0.2) is 23.2 Å². The number of hydrogen-bond donors (Lipinski definition) is 2. The van der Waals surface area contributed by atoms with E-state index in [1.165, 1.54) is 7.11 Å². The lowest BCUT2D eigenvalue weighted by molar-refractivity contribution is 0.0914. The summed E-state index contributed by atoms with van der Waals surface area (Å²) in [5.74, 6) is -0.322. The first-order valence-corrected chi connectivity index (χ1v) is 5.95. The Balaban J connectivity index is 2.01. The van der Waals surface area contributed by atoms with Crippen molar-refractivity contribution in [1.82, 2.24) is 9.97 Å². The van der Waals surface area contributed by atoms with Gasteiger partial charge >= 0.3 is 6.16 Å². The number of nitrogens with zero attached hydrogens (tertiary/aromatic N) is 2. The van der Waals surface area contributed by atoms with Crippen LogP contribution in [0, 0.1) is 0 Å². The van der Waals surface area contributed by atoms with Crippen molar-refractivity contribution >= 4 is 17.8 Å². The van der Waals surface area contributed by atoms with Crippen LogP contribution in [0.25, 0.3) is 0 Å². The summed E-state index contributed by atoms with van der Waals surface area (Å²) in [5.41, 5.74) is 11.9. The van der Waals surface area contributed by atoms with Crippen LogP contribution in [0.3, 0.4) is 0 Å². The highest BCUT2D eigenvalue weighted by Gasteiger charge is 2.16. The third kappa shape index (κ3) is 3.72. The maximum Gasteiger partial charge on any atom is 0.515 e. The average molecular weight is 290 g/mol. The lowest BCUT2D eigenvalue weighted by Crippen LogP contribution is -2.14. The largest absolute Gasteiger partial charge is 0.515 e. The smallest absolute Gasteiger partial charge is 0.479 e. The number of carbonyl (C=O) groups is 1. The molecule has 4 N–H and O–H groups in total. The first kappa shape index (κ1) is 14.4. The molecule has 2 aromatic rings. The Bertz CT molecular complexity index is 634. The zero-order chi connectivity index (χ0) is 15.2. The maximum absolute atomic E-state index is 11.6. The second kappa shape index (κ2) is 6.42. The van der Waals surface area contributed by atoms with E-state index in [0.29, 0.717) is 0 Å². The molecular formula is C13H14N4O4. The summed E-state index contributed by atoms with van der Waals surface area (Å²) in [5, 5.41) is 0. The maximum atomic E-state index is 11.6. The molecule has 0 bridgehead atoms. The van der Waals surface area contributed by atoms with Gasteiger partial charge in [0.05, 0.1) is 7.11 Å². The van der Waals surface area contributed by atoms with Crippen molar-refractivity contribution in [2.45, 2.75) is 6.61 Å². The van der Waals surface area contributed by atoms with Gasteiger partial charge in [0, 0.05) is 0 Å². The summed E-state index contributed by atoms with van der Waals surface area (Å²) in [6, 6.07) is 9.15. The molecule has 0 spiro atoms. The van der Waals surface area contributed by atoms with Gasteiger partial charge in [0.2, 0.25) is 11.8 Å². The van der Waals surface area contributed by atoms with Crippen molar-refractivity contribution in [1.29, 1.82) is 0 Å². The quantitative estimate of drug-likeness (QED) is 0.809. The first-order chi connectivity index (χ1) is 10.1. The fraction of sp³-hybridized carbons (Fsp3) is 0.154. The Morgan fingerprint density at radius 2 is 1.81 bits per heavy atom. The summed E-state index contributed by atoms with van der Waals surface area (Å²) < 4.78 is 14.7. The van der Waals surface area contributed by atoms with Gasteiger partial charge in [-0.25, -0.2) is 4.79 Å². The van der Waals surface area contributed by atoms with Gasteiger partial charge < -0.3 is 25.7 Å². The number of methoxy groups -OCH3 is 1. The molecule has 8 heteroatoms. The van der Waals surface area contributed by atoms with Crippen LogP contribution in [0.2, 0.25) is 0 Å². The van der Waals surface area contributed by atoms with Crippen LogP contribution in [0.4, 0.5) is 16.4 Å². The van der Waals surface area contributed by atoms with E-state index in [1.54, 1.807) is 0 Å². The average Bonchev–Trinajstić information content (AvgIpc) is 2.49. The molecule has 21 heavy (non-hydrogen) atoms. The molecule has 110 valence electrons. The Morgan fingerprint density at radius 1 is 1.14 bits per heavy atom. The summed E-state index contributed by atoms with van der Waals surface area (Å²) in [7, 11) is 1.36. The number of rotatable bonds is 4. The van der Waals surface area contributed by atoms with Crippen molar-refractivity contribution in [2.75, 3.05) is 18.6 Å². The third-order valence-corrected chi connectivity index (χ3v) is 2.47. The number of hydrogen-bond acceptors (Lipinski definition) is 8. The SMILES string of the molecule is COc1nc(N)nc(OC(=O)OCc2ccccc2)c1N. The van der Waals surface area contributed by atoms with E-state index in [9.17, 15) is 4.79 Å².